The zero-order valence-corrected chi connectivity index (χ0v) is 16.3. The van der Waals surface area contributed by atoms with E-state index in [1.807, 2.05) is 6.92 Å². The number of carboxylic acids is 1. The molecule has 0 fully saturated rings. The summed E-state index contributed by atoms with van der Waals surface area (Å²) in [4.78, 5) is 31.0. The number of aromatic nitrogens is 3. The van der Waals surface area contributed by atoms with Crippen molar-refractivity contribution in [1.82, 2.24) is 15.2 Å². The first kappa shape index (κ1) is 18.0. The molecule has 9 nitrogen and oxygen atoms in total. The van der Waals surface area contributed by atoms with Crippen molar-refractivity contribution in [3.8, 4) is 11.6 Å². The molecule has 5 rings (SSSR count). The van der Waals surface area contributed by atoms with Crippen LogP contribution in [-0.4, -0.2) is 32.3 Å². The third-order valence-corrected chi connectivity index (χ3v) is 5.78. The van der Waals surface area contributed by atoms with Crippen molar-refractivity contribution >= 4 is 50.6 Å². The standard InChI is InChI=1S/C20H13N5O4S/c1-10-11(4-2-5-13(10)29-14-6-3-8-22-24-14)25-12-7-9-21-18-15(12)16(23-20(25)28)17(30-18)19(26)27/h2-9H,1H3,(H,23,28)(H,26,27). The van der Waals surface area contributed by atoms with Crippen molar-refractivity contribution < 1.29 is 19.4 Å². The molecule has 0 atom stereocenters. The van der Waals surface area contributed by atoms with Gasteiger partial charge in [-0.15, -0.1) is 16.4 Å². The van der Waals surface area contributed by atoms with Crippen LogP contribution >= 0.6 is 11.3 Å². The van der Waals surface area contributed by atoms with Crippen molar-refractivity contribution in [3.05, 3.63) is 59.2 Å². The van der Waals surface area contributed by atoms with Gasteiger partial charge in [0, 0.05) is 24.0 Å². The van der Waals surface area contributed by atoms with Crippen molar-refractivity contribution in [1.29, 1.82) is 0 Å². The summed E-state index contributed by atoms with van der Waals surface area (Å²) in [6.07, 6.45) is 3.11. The number of nitrogens with zero attached hydrogens (tertiary/aromatic N) is 4. The number of carboxylic acid groups (broad SMARTS) is 1. The van der Waals surface area contributed by atoms with Crippen LogP contribution < -0.4 is 15.0 Å². The van der Waals surface area contributed by atoms with Crippen LogP contribution in [0.3, 0.4) is 0 Å². The van der Waals surface area contributed by atoms with Crippen molar-refractivity contribution in [2.45, 2.75) is 6.92 Å². The maximum absolute atomic E-state index is 13.0. The molecule has 30 heavy (non-hydrogen) atoms. The molecule has 2 amide bonds. The molecule has 1 aliphatic heterocycles. The fourth-order valence-corrected chi connectivity index (χ4v) is 4.34. The fraction of sp³-hybridized carbons (Fsp3) is 0.0500. The number of thiophene rings is 1. The number of amides is 2. The summed E-state index contributed by atoms with van der Waals surface area (Å²) in [6, 6.07) is 9.96. The average Bonchev–Trinajstić information content (AvgIpc) is 3.11. The van der Waals surface area contributed by atoms with Gasteiger partial charge in [0.1, 0.15) is 15.5 Å². The number of pyridine rings is 1. The Morgan fingerprint density at radius 1 is 1.17 bits per heavy atom. The van der Waals surface area contributed by atoms with Gasteiger partial charge in [-0.2, -0.15) is 5.10 Å². The Morgan fingerprint density at radius 2 is 2.03 bits per heavy atom. The lowest BCUT2D eigenvalue weighted by Crippen LogP contribution is -2.34. The van der Waals surface area contributed by atoms with E-state index in [4.69, 9.17) is 4.74 Å². The van der Waals surface area contributed by atoms with Crippen LogP contribution in [0.5, 0.6) is 11.6 Å². The number of carbonyl (C=O) groups is 2. The quantitative estimate of drug-likeness (QED) is 0.497. The highest BCUT2D eigenvalue weighted by Crippen LogP contribution is 2.46. The monoisotopic (exact) mass is 419 g/mol. The SMILES string of the molecule is Cc1c(Oc2cccnn2)cccc1N1C(=O)Nc2c(C(=O)O)sc3nccc1c23. The van der Waals surface area contributed by atoms with Crippen LogP contribution in [0.4, 0.5) is 21.9 Å². The van der Waals surface area contributed by atoms with Crippen LogP contribution in [0.25, 0.3) is 10.2 Å². The van der Waals surface area contributed by atoms with E-state index in [9.17, 15) is 14.7 Å². The number of hydrogen-bond acceptors (Lipinski definition) is 7. The van der Waals surface area contributed by atoms with Gasteiger partial charge in [-0.1, -0.05) is 6.07 Å². The van der Waals surface area contributed by atoms with Gasteiger partial charge >= 0.3 is 12.0 Å². The molecule has 0 bridgehead atoms. The third kappa shape index (κ3) is 2.73. The number of rotatable bonds is 4. The second-order valence-corrected chi connectivity index (χ2v) is 7.45. The Hall–Kier alpha value is -4.05. The zero-order chi connectivity index (χ0) is 20.8. The van der Waals surface area contributed by atoms with Crippen LogP contribution in [-0.2, 0) is 0 Å². The molecule has 0 saturated heterocycles. The highest BCUT2D eigenvalue weighted by molar-refractivity contribution is 7.21. The number of hydrogen-bond donors (Lipinski definition) is 2. The van der Waals surface area contributed by atoms with Crippen LogP contribution in [0.15, 0.2) is 48.8 Å². The molecule has 1 aromatic carbocycles. The smallest absolute Gasteiger partial charge is 0.348 e. The Bertz CT molecular complexity index is 1320. The zero-order valence-electron chi connectivity index (χ0n) is 15.5. The molecule has 2 N–H and O–H groups in total. The number of benzene rings is 1. The first-order valence-corrected chi connectivity index (χ1v) is 9.67. The van der Waals surface area contributed by atoms with Gasteiger partial charge in [-0.3, -0.25) is 4.90 Å². The minimum absolute atomic E-state index is 0.0504. The van der Waals surface area contributed by atoms with Crippen LogP contribution in [0, 0.1) is 6.92 Å². The summed E-state index contributed by atoms with van der Waals surface area (Å²) in [5.74, 6) is -0.255. The second-order valence-electron chi connectivity index (χ2n) is 6.45. The van der Waals surface area contributed by atoms with E-state index < -0.39 is 12.0 Å². The molecule has 4 aromatic rings. The van der Waals surface area contributed by atoms with E-state index in [-0.39, 0.29) is 10.6 Å². The summed E-state index contributed by atoms with van der Waals surface area (Å²) in [5, 5.41) is 20.5. The Labute approximate surface area is 173 Å². The van der Waals surface area contributed by atoms with E-state index in [1.54, 1.807) is 48.8 Å². The second kappa shape index (κ2) is 6.78. The van der Waals surface area contributed by atoms with Gasteiger partial charge < -0.3 is 15.2 Å². The van der Waals surface area contributed by atoms with Gasteiger partial charge in [-0.05, 0) is 31.2 Å². The lowest BCUT2D eigenvalue weighted by molar-refractivity contribution is 0.0703. The lowest BCUT2D eigenvalue weighted by Gasteiger charge is -2.29. The number of anilines is 3. The number of carbonyl (C=O) groups excluding carboxylic acids is 1. The van der Waals surface area contributed by atoms with E-state index in [2.05, 4.69) is 20.5 Å². The summed E-state index contributed by atoms with van der Waals surface area (Å²) in [6.45, 7) is 1.83. The van der Waals surface area contributed by atoms with Gasteiger partial charge in [0.05, 0.1) is 22.4 Å². The largest absolute Gasteiger partial charge is 0.477 e. The fourth-order valence-electron chi connectivity index (χ4n) is 3.38. The highest BCUT2D eigenvalue weighted by Gasteiger charge is 2.33. The van der Waals surface area contributed by atoms with Gasteiger partial charge in [0.15, 0.2) is 0 Å². The van der Waals surface area contributed by atoms with Crippen molar-refractivity contribution in [3.63, 3.8) is 0 Å². The summed E-state index contributed by atoms with van der Waals surface area (Å²) < 4.78 is 5.83. The first-order chi connectivity index (χ1) is 14.5. The Kier molecular flexibility index (Phi) is 4.07. The number of ether oxygens (including phenoxy) is 1. The Balaban J connectivity index is 1.65. The molecule has 0 saturated carbocycles. The number of nitrogens with one attached hydrogen (secondary N) is 1. The molecule has 0 unspecified atom stereocenters. The van der Waals surface area contributed by atoms with Crippen LogP contribution in [0.1, 0.15) is 15.2 Å². The van der Waals surface area contributed by atoms with E-state index >= 15 is 0 Å². The Morgan fingerprint density at radius 3 is 2.80 bits per heavy atom. The predicted octanol–water partition coefficient (Wildman–Crippen LogP) is 4.57. The van der Waals surface area contributed by atoms with Gasteiger partial charge in [-0.25, -0.2) is 14.6 Å². The lowest BCUT2D eigenvalue weighted by atomic mass is 10.1. The van der Waals surface area contributed by atoms with Crippen LogP contribution in [0.2, 0.25) is 0 Å². The minimum Gasteiger partial charge on any atom is -0.477 e. The minimum atomic E-state index is -1.11. The van der Waals surface area contributed by atoms with Gasteiger partial charge in [0.25, 0.3) is 0 Å². The molecular weight excluding hydrogens is 406 g/mol. The first-order valence-electron chi connectivity index (χ1n) is 8.85. The normalized spacial score (nSPS) is 12.7. The summed E-state index contributed by atoms with van der Waals surface area (Å²) in [7, 11) is 0. The molecule has 10 heteroatoms. The summed E-state index contributed by atoms with van der Waals surface area (Å²) in [5.41, 5.74) is 2.13. The average molecular weight is 419 g/mol. The maximum Gasteiger partial charge on any atom is 0.348 e. The topological polar surface area (TPSA) is 118 Å². The molecule has 0 aliphatic carbocycles. The molecule has 1 aliphatic rings. The molecule has 4 heterocycles. The predicted molar refractivity (Wildman–Crippen MR) is 111 cm³/mol. The summed E-state index contributed by atoms with van der Waals surface area (Å²) >= 11 is 1.03. The molecule has 0 radical (unpaired) electrons. The van der Waals surface area contributed by atoms with E-state index in [1.165, 1.54) is 4.90 Å². The number of aromatic carboxylic acids is 1. The molecule has 148 valence electrons. The van der Waals surface area contributed by atoms with E-state index in [0.717, 1.165) is 11.3 Å². The maximum atomic E-state index is 13.0. The van der Waals surface area contributed by atoms with Crippen molar-refractivity contribution in [2.75, 3.05) is 10.2 Å². The molecule has 3 aromatic heterocycles. The van der Waals surface area contributed by atoms with E-state index in [0.29, 0.717) is 38.8 Å². The number of urea groups is 1. The van der Waals surface area contributed by atoms with Crippen molar-refractivity contribution in [2.24, 2.45) is 0 Å². The third-order valence-electron chi connectivity index (χ3n) is 4.70. The highest BCUT2D eigenvalue weighted by atomic mass is 32.1. The molecular formula is C20H13N5O4S. The van der Waals surface area contributed by atoms with Gasteiger partial charge in [0.2, 0.25) is 5.88 Å². The molecule has 0 spiro atoms.